The molecule has 0 spiro atoms. The van der Waals surface area contributed by atoms with Gasteiger partial charge in [-0.15, -0.1) is 0 Å². The number of anilines is 1. The van der Waals surface area contributed by atoms with E-state index in [1.54, 1.807) is 24.3 Å². The number of nitro benzene ring substituents is 1. The van der Waals surface area contributed by atoms with Gasteiger partial charge in [0.25, 0.3) is 11.6 Å². The van der Waals surface area contributed by atoms with Crippen LogP contribution in [0.4, 0.5) is 11.4 Å². The first-order chi connectivity index (χ1) is 12.0. The molecule has 0 aromatic heterocycles. The molecule has 0 saturated carbocycles. The Morgan fingerprint density at radius 1 is 1.12 bits per heavy atom. The zero-order chi connectivity index (χ0) is 18.2. The van der Waals surface area contributed by atoms with Gasteiger partial charge in [-0.05, 0) is 29.8 Å². The highest BCUT2D eigenvalue weighted by molar-refractivity contribution is 5.95. The fourth-order valence-electron chi connectivity index (χ4n) is 1.93. The van der Waals surface area contributed by atoms with E-state index in [0.717, 1.165) is 5.56 Å². The molecule has 0 unspecified atom stereocenters. The maximum atomic E-state index is 11.8. The second-order valence-electron chi connectivity index (χ2n) is 4.96. The summed E-state index contributed by atoms with van der Waals surface area (Å²) in [7, 11) is 0. The lowest BCUT2D eigenvalue weighted by molar-refractivity contribution is -0.384. The summed E-state index contributed by atoms with van der Waals surface area (Å²) >= 11 is 0. The summed E-state index contributed by atoms with van der Waals surface area (Å²) in [5.41, 5.74) is 1.30. The van der Waals surface area contributed by atoms with E-state index in [0.29, 0.717) is 5.69 Å². The molecule has 0 fully saturated rings. The smallest absolute Gasteiger partial charge is 0.338 e. The average molecular weight is 339 g/mol. The Balaban J connectivity index is 1.85. The minimum absolute atomic E-state index is 0.110. The number of rotatable bonds is 6. The van der Waals surface area contributed by atoms with E-state index < -0.39 is 23.4 Å². The van der Waals surface area contributed by atoms with Crippen molar-refractivity contribution >= 4 is 23.3 Å². The summed E-state index contributed by atoms with van der Waals surface area (Å²) in [6.45, 7) is -0.490. The molecule has 8 heteroatoms. The zero-order valence-corrected chi connectivity index (χ0v) is 13.0. The molecule has 2 aromatic carbocycles. The summed E-state index contributed by atoms with van der Waals surface area (Å²) < 4.78 is 4.86. The number of esters is 1. The Bertz CT molecular complexity index is 823. The van der Waals surface area contributed by atoms with Crippen molar-refractivity contribution in [3.63, 3.8) is 0 Å². The molecule has 0 aliphatic carbocycles. The summed E-state index contributed by atoms with van der Waals surface area (Å²) in [6, 6.07) is 13.6. The van der Waals surface area contributed by atoms with Crippen LogP contribution < -0.4 is 5.32 Å². The molecule has 8 nitrogen and oxygen atoms in total. The zero-order valence-electron chi connectivity index (χ0n) is 13.0. The van der Waals surface area contributed by atoms with Gasteiger partial charge in [0.2, 0.25) is 0 Å². The number of nitrogens with one attached hydrogen (secondary N) is 1. The second kappa shape index (κ2) is 8.21. The van der Waals surface area contributed by atoms with Gasteiger partial charge in [0, 0.05) is 17.8 Å². The molecule has 0 bridgehead atoms. The van der Waals surface area contributed by atoms with E-state index in [2.05, 4.69) is 5.32 Å². The van der Waals surface area contributed by atoms with Gasteiger partial charge in [0.15, 0.2) is 6.61 Å². The number of non-ortho nitro benzene ring substituents is 1. The fourth-order valence-corrected chi connectivity index (χ4v) is 1.93. The third-order valence-corrected chi connectivity index (χ3v) is 3.17. The number of benzene rings is 2. The van der Waals surface area contributed by atoms with Crippen molar-refractivity contribution in [1.29, 1.82) is 5.26 Å². The van der Waals surface area contributed by atoms with Crippen molar-refractivity contribution in [2.24, 2.45) is 0 Å². The lowest BCUT2D eigenvalue weighted by atomic mass is 10.1. The fraction of sp³-hybridized carbons (Fsp3) is 0.118. The molecular weight excluding hydrogens is 326 g/mol. The van der Waals surface area contributed by atoms with Crippen molar-refractivity contribution < 1.29 is 19.2 Å². The number of hydrogen-bond donors (Lipinski definition) is 1. The van der Waals surface area contributed by atoms with Crippen LogP contribution in [0, 0.1) is 21.4 Å². The number of nitriles is 1. The second-order valence-corrected chi connectivity index (χ2v) is 4.96. The van der Waals surface area contributed by atoms with Gasteiger partial charge in [0.1, 0.15) is 0 Å². The third kappa shape index (κ3) is 5.14. The number of amides is 1. The number of nitro groups is 1. The molecule has 2 rings (SSSR count). The highest BCUT2D eigenvalue weighted by Crippen LogP contribution is 2.13. The van der Waals surface area contributed by atoms with Gasteiger partial charge < -0.3 is 10.1 Å². The first kappa shape index (κ1) is 17.6. The van der Waals surface area contributed by atoms with Crippen LogP contribution in [0.2, 0.25) is 0 Å². The highest BCUT2D eigenvalue weighted by Gasteiger charge is 2.12. The predicted molar refractivity (Wildman–Crippen MR) is 87.8 cm³/mol. The standard InChI is InChI=1S/C17H13N3O5/c18-10-9-12-1-5-14(6-2-12)19-16(21)11-25-17(22)13-3-7-15(8-4-13)20(23)24/h1-8H,9,11H2,(H,19,21). The minimum Gasteiger partial charge on any atom is -0.452 e. The molecule has 1 N–H and O–H groups in total. The number of carbonyl (C=O) groups is 2. The molecule has 0 heterocycles. The average Bonchev–Trinajstić information content (AvgIpc) is 2.61. The first-order valence-electron chi connectivity index (χ1n) is 7.17. The van der Waals surface area contributed by atoms with Gasteiger partial charge in [0.05, 0.1) is 23.0 Å². The van der Waals surface area contributed by atoms with Gasteiger partial charge in [-0.2, -0.15) is 5.26 Å². The SMILES string of the molecule is N#CCc1ccc(NC(=O)COC(=O)c2ccc([N+](=O)[O-])cc2)cc1. The normalized spacial score (nSPS) is 9.72. The maximum absolute atomic E-state index is 11.8. The van der Waals surface area contributed by atoms with Crippen molar-refractivity contribution in [1.82, 2.24) is 0 Å². The van der Waals surface area contributed by atoms with Gasteiger partial charge in [-0.25, -0.2) is 4.79 Å². The van der Waals surface area contributed by atoms with Crippen LogP contribution in [-0.2, 0) is 16.0 Å². The van der Waals surface area contributed by atoms with E-state index in [1.165, 1.54) is 24.3 Å². The summed E-state index contributed by atoms with van der Waals surface area (Å²) in [4.78, 5) is 33.5. The molecule has 0 saturated heterocycles. The third-order valence-electron chi connectivity index (χ3n) is 3.17. The largest absolute Gasteiger partial charge is 0.452 e. The first-order valence-corrected chi connectivity index (χ1v) is 7.17. The van der Waals surface area contributed by atoms with Gasteiger partial charge in [-0.3, -0.25) is 14.9 Å². The van der Waals surface area contributed by atoms with Crippen LogP contribution in [0.1, 0.15) is 15.9 Å². The predicted octanol–water partition coefficient (Wildman–Crippen LogP) is 2.46. The minimum atomic E-state index is -0.755. The maximum Gasteiger partial charge on any atom is 0.338 e. The molecular formula is C17H13N3O5. The summed E-state index contributed by atoms with van der Waals surface area (Å²) in [6.07, 6.45) is 0.279. The van der Waals surface area contributed by atoms with Gasteiger partial charge in [-0.1, -0.05) is 12.1 Å². The van der Waals surface area contributed by atoms with E-state index in [4.69, 9.17) is 10.00 Å². The van der Waals surface area contributed by atoms with Crippen molar-refractivity contribution in [3.05, 3.63) is 69.8 Å². The van der Waals surface area contributed by atoms with Crippen LogP contribution >= 0.6 is 0 Å². The summed E-state index contributed by atoms with van der Waals surface area (Å²) in [5.74, 6) is -1.28. The molecule has 2 aromatic rings. The van der Waals surface area contributed by atoms with Crippen molar-refractivity contribution in [3.8, 4) is 6.07 Å². The number of hydrogen-bond acceptors (Lipinski definition) is 6. The molecule has 126 valence electrons. The van der Waals surface area contributed by atoms with E-state index in [-0.39, 0.29) is 17.7 Å². The lowest BCUT2D eigenvalue weighted by Gasteiger charge is -2.07. The molecule has 0 atom stereocenters. The number of carbonyl (C=O) groups excluding carboxylic acids is 2. The molecule has 25 heavy (non-hydrogen) atoms. The Labute approximate surface area is 142 Å². The lowest BCUT2D eigenvalue weighted by Crippen LogP contribution is -2.20. The molecule has 1 amide bonds. The number of ether oxygens (including phenoxy) is 1. The van der Waals surface area contributed by atoms with Crippen LogP contribution in [0.5, 0.6) is 0 Å². The van der Waals surface area contributed by atoms with E-state index in [1.807, 2.05) is 6.07 Å². The topological polar surface area (TPSA) is 122 Å². The molecule has 0 radical (unpaired) electrons. The Kier molecular flexibility index (Phi) is 5.79. The Morgan fingerprint density at radius 2 is 1.76 bits per heavy atom. The van der Waals surface area contributed by atoms with Crippen molar-refractivity contribution in [2.45, 2.75) is 6.42 Å². The van der Waals surface area contributed by atoms with Crippen LogP contribution in [-0.4, -0.2) is 23.4 Å². The van der Waals surface area contributed by atoms with Gasteiger partial charge >= 0.3 is 5.97 Å². The molecule has 0 aliphatic heterocycles. The molecule has 0 aliphatic rings. The van der Waals surface area contributed by atoms with E-state index in [9.17, 15) is 19.7 Å². The Hall–Kier alpha value is -3.73. The quantitative estimate of drug-likeness (QED) is 0.490. The number of nitrogens with zero attached hydrogens (tertiary/aromatic N) is 2. The van der Waals surface area contributed by atoms with Crippen LogP contribution in [0.25, 0.3) is 0 Å². The van der Waals surface area contributed by atoms with Crippen LogP contribution in [0.3, 0.4) is 0 Å². The van der Waals surface area contributed by atoms with Crippen molar-refractivity contribution in [2.75, 3.05) is 11.9 Å². The monoisotopic (exact) mass is 339 g/mol. The van der Waals surface area contributed by atoms with E-state index >= 15 is 0 Å². The highest BCUT2D eigenvalue weighted by atomic mass is 16.6. The Morgan fingerprint density at radius 3 is 2.32 bits per heavy atom. The summed E-state index contributed by atoms with van der Waals surface area (Å²) in [5, 5.41) is 21.7. The van der Waals surface area contributed by atoms with Crippen LogP contribution in [0.15, 0.2) is 48.5 Å².